The zero-order chi connectivity index (χ0) is 14.8. The first-order valence-electron chi connectivity index (χ1n) is 6.34. The molecule has 0 aliphatic carbocycles. The van der Waals surface area contributed by atoms with Crippen LogP contribution in [0, 0.1) is 13.8 Å². The summed E-state index contributed by atoms with van der Waals surface area (Å²) in [6.07, 6.45) is 0. The normalized spacial score (nSPS) is 10.9. The Balaban J connectivity index is 0.00000220. The maximum Gasteiger partial charge on any atom is 1.00 e. The van der Waals surface area contributed by atoms with Crippen LogP contribution in [0.2, 0.25) is 0 Å². The summed E-state index contributed by atoms with van der Waals surface area (Å²) in [6.45, 7) is -0.777. The van der Waals surface area contributed by atoms with Crippen LogP contribution in [0.1, 0.15) is 16.7 Å². The van der Waals surface area contributed by atoms with Gasteiger partial charge in [0, 0.05) is 0 Å². The van der Waals surface area contributed by atoms with Crippen LogP contribution in [0.25, 0.3) is 0 Å². The molecular formula is C15H15BF3KO. The summed E-state index contributed by atoms with van der Waals surface area (Å²) in [5.41, 5.74) is 2.53. The Morgan fingerprint density at radius 3 is 2.14 bits per heavy atom. The van der Waals surface area contributed by atoms with Crippen LogP contribution >= 0.6 is 0 Å². The van der Waals surface area contributed by atoms with Gasteiger partial charge in [-0.25, -0.2) is 0 Å². The first-order valence-corrected chi connectivity index (χ1v) is 6.34. The zero-order valence-electron chi connectivity index (χ0n) is 12.4. The van der Waals surface area contributed by atoms with Gasteiger partial charge >= 0.3 is 58.4 Å². The van der Waals surface area contributed by atoms with Crippen LogP contribution in [-0.2, 0) is 6.61 Å². The van der Waals surface area contributed by atoms with Crippen molar-refractivity contribution < 1.29 is 69.1 Å². The van der Waals surface area contributed by atoms with Crippen molar-refractivity contribution in [2.75, 3.05) is 0 Å². The molecule has 0 atom stereocenters. The van der Waals surface area contributed by atoms with Gasteiger partial charge in [0.1, 0.15) is 12.4 Å². The second-order valence-electron chi connectivity index (χ2n) is 4.93. The number of aryl methyl sites for hydroxylation is 2. The van der Waals surface area contributed by atoms with Crippen LogP contribution in [-0.4, -0.2) is 6.98 Å². The van der Waals surface area contributed by atoms with E-state index in [4.69, 9.17) is 4.74 Å². The van der Waals surface area contributed by atoms with Crippen LogP contribution in [0.4, 0.5) is 12.9 Å². The van der Waals surface area contributed by atoms with Gasteiger partial charge in [-0.15, -0.1) is 5.46 Å². The molecule has 0 radical (unpaired) electrons. The van der Waals surface area contributed by atoms with Gasteiger partial charge in [-0.3, -0.25) is 0 Å². The van der Waals surface area contributed by atoms with E-state index in [2.05, 4.69) is 0 Å². The fourth-order valence-electron chi connectivity index (χ4n) is 2.13. The summed E-state index contributed by atoms with van der Waals surface area (Å²) in [6, 6.07) is 11.0. The van der Waals surface area contributed by atoms with E-state index in [-0.39, 0.29) is 63.7 Å². The van der Waals surface area contributed by atoms with Crippen molar-refractivity contribution in [1.29, 1.82) is 0 Å². The molecule has 0 saturated heterocycles. The van der Waals surface area contributed by atoms with Crippen LogP contribution < -0.4 is 61.6 Å². The fraction of sp³-hybridized carbons (Fsp3) is 0.200. The molecule has 0 fully saturated rings. The molecular weight excluding hydrogens is 303 g/mol. The van der Waals surface area contributed by atoms with Crippen LogP contribution in [0.15, 0.2) is 42.5 Å². The van der Waals surface area contributed by atoms with Gasteiger partial charge in [0.25, 0.3) is 0 Å². The summed E-state index contributed by atoms with van der Waals surface area (Å²) in [7, 11) is 0. The van der Waals surface area contributed by atoms with Gasteiger partial charge in [0.2, 0.25) is 0 Å². The minimum atomic E-state index is -4.99. The van der Waals surface area contributed by atoms with E-state index in [0.717, 1.165) is 28.8 Å². The quantitative estimate of drug-likeness (QED) is 0.763. The van der Waals surface area contributed by atoms with E-state index in [1.54, 1.807) is 0 Å². The monoisotopic (exact) mass is 318 g/mol. The van der Waals surface area contributed by atoms with Gasteiger partial charge in [-0.2, -0.15) is 0 Å². The Morgan fingerprint density at radius 2 is 1.57 bits per heavy atom. The largest absolute Gasteiger partial charge is 1.00 e. The smallest absolute Gasteiger partial charge is 0.489 e. The maximum absolute atomic E-state index is 12.6. The molecule has 0 heterocycles. The second kappa shape index (κ2) is 7.83. The standard InChI is InChI=1S/C15H15BF3O.K/c1-11-6-12(2)8-13(7-11)10-20-15-5-3-4-14(9-15)16(17,18)19;/h3-9H,10H2,1-2H3;/q-1;+1. The number of rotatable bonds is 4. The van der Waals surface area contributed by atoms with Crippen LogP contribution in [0.3, 0.4) is 0 Å². The number of halogens is 3. The van der Waals surface area contributed by atoms with E-state index >= 15 is 0 Å². The van der Waals surface area contributed by atoms with E-state index in [0.29, 0.717) is 0 Å². The van der Waals surface area contributed by atoms with Crippen molar-refractivity contribution in [2.45, 2.75) is 20.5 Å². The Morgan fingerprint density at radius 1 is 0.952 bits per heavy atom. The molecule has 0 aromatic heterocycles. The van der Waals surface area contributed by atoms with Crippen LogP contribution in [0.5, 0.6) is 5.75 Å². The molecule has 0 unspecified atom stereocenters. The van der Waals surface area contributed by atoms with Gasteiger partial charge in [0.15, 0.2) is 0 Å². The Bertz CT molecular complexity index is 594. The molecule has 0 bridgehead atoms. The molecule has 2 rings (SSSR count). The molecule has 21 heavy (non-hydrogen) atoms. The Labute approximate surface area is 165 Å². The summed E-state index contributed by atoms with van der Waals surface area (Å²) in [4.78, 5) is 0. The zero-order valence-corrected chi connectivity index (χ0v) is 15.5. The molecule has 0 saturated carbocycles. The first-order chi connectivity index (χ1) is 9.34. The summed E-state index contributed by atoms with van der Waals surface area (Å²) in [5.74, 6) is 0.237. The SMILES string of the molecule is Cc1cc(C)cc(COc2cccc([B-](F)(F)F)c2)c1.[K+]. The minimum Gasteiger partial charge on any atom is -0.489 e. The van der Waals surface area contributed by atoms with Crippen molar-refractivity contribution in [1.82, 2.24) is 0 Å². The van der Waals surface area contributed by atoms with E-state index in [1.807, 2.05) is 32.0 Å². The molecule has 0 N–H and O–H groups in total. The average Bonchev–Trinajstić information content (AvgIpc) is 2.35. The molecule has 2 aromatic rings. The topological polar surface area (TPSA) is 9.23 Å². The van der Waals surface area contributed by atoms with Crippen molar-refractivity contribution in [3.63, 3.8) is 0 Å². The van der Waals surface area contributed by atoms with Crippen molar-refractivity contribution in [3.05, 3.63) is 59.2 Å². The first kappa shape index (κ1) is 18.8. The summed E-state index contributed by atoms with van der Waals surface area (Å²) >= 11 is 0. The fourth-order valence-corrected chi connectivity index (χ4v) is 2.13. The molecule has 0 amide bonds. The molecule has 6 heteroatoms. The predicted octanol–water partition coefficient (Wildman–Crippen LogP) is 0.941. The third-order valence-electron chi connectivity index (χ3n) is 2.92. The molecule has 0 aliphatic heterocycles. The number of hydrogen-bond acceptors (Lipinski definition) is 1. The molecule has 1 nitrogen and oxygen atoms in total. The summed E-state index contributed by atoms with van der Waals surface area (Å²) in [5, 5.41) is 0. The third kappa shape index (κ3) is 5.79. The van der Waals surface area contributed by atoms with Crippen molar-refractivity contribution in [2.24, 2.45) is 0 Å². The molecule has 106 valence electrons. The van der Waals surface area contributed by atoms with E-state index < -0.39 is 12.4 Å². The van der Waals surface area contributed by atoms with E-state index in [1.165, 1.54) is 12.1 Å². The Hall–Kier alpha value is -0.269. The number of hydrogen-bond donors (Lipinski definition) is 0. The number of ether oxygens (including phenoxy) is 1. The average molecular weight is 318 g/mol. The van der Waals surface area contributed by atoms with Crippen molar-refractivity contribution >= 4 is 12.4 Å². The second-order valence-corrected chi connectivity index (χ2v) is 4.93. The third-order valence-corrected chi connectivity index (χ3v) is 2.92. The van der Waals surface area contributed by atoms with Gasteiger partial charge < -0.3 is 17.7 Å². The number of benzene rings is 2. The maximum atomic E-state index is 12.6. The van der Waals surface area contributed by atoms with Crippen molar-refractivity contribution in [3.8, 4) is 5.75 Å². The molecule has 0 spiro atoms. The minimum absolute atomic E-state index is 0. The Kier molecular flexibility index (Phi) is 7.00. The summed E-state index contributed by atoms with van der Waals surface area (Å²) < 4.78 is 43.4. The predicted molar refractivity (Wildman–Crippen MR) is 75.4 cm³/mol. The van der Waals surface area contributed by atoms with Gasteiger partial charge in [-0.05, 0) is 31.5 Å². The van der Waals surface area contributed by atoms with Gasteiger partial charge in [-0.1, -0.05) is 41.5 Å². The molecule has 2 aromatic carbocycles. The van der Waals surface area contributed by atoms with Gasteiger partial charge in [0.05, 0.1) is 0 Å². The van der Waals surface area contributed by atoms with E-state index in [9.17, 15) is 12.9 Å². The molecule has 0 aliphatic rings.